The van der Waals surface area contributed by atoms with Gasteiger partial charge in [-0.15, -0.1) is 0 Å². The largest absolute Gasteiger partial charge is 0.391 e. The number of aliphatic hydroxyl groups is 1. The Bertz CT molecular complexity index is 476. The predicted octanol–water partition coefficient (Wildman–Crippen LogP) is 1.63. The number of carbonyl (C=O) groups excluding carboxylic acids is 1. The van der Waals surface area contributed by atoms with Gasteiger partial charge in [-0.2, -0.15) is 0 Å². The van der Waals surface area contributed by atoms with E-state index in [0.717, 1.165) is 16.9 Å². The number of benzene rings is 1. The lowest BCUT2D eigenvalue weighted by molar-refractivity contribution is 0.114. The van der Waals surface area contributed by atoms with Crippen molar-refractivity contribution in [2.45, 2.75) is 37.8 Å². The van der Waals surface area contributed by atoms with Crippen LogP contribution in [-0.4, -0.2) is 34.3 Å². The zero-order valence-corrected chi connectivity index (χ0v) is 13.6. The van der Waals surface area contributed by atoms with Crippen molar-refractivity contribution in [3.05, 3.63) is 29.8 Å². The Morgan fingerprint density at radius 2 is 1.90 bits per heavy atom. The highest BCUT2D eigenvalue weighted by molar-refractivity contribution is 7.84. The van der Waals surface area contributed by atoms with E-state index < -0.39 is 16.9 Å². The van der Waals surface area contributed by atoms with Crippen molar-refractivity contribution in [2.75, 3.05) is 12.8 Å². The van der Waals surface area contributed by atoms with Gasteiger partial charge >= 0.3 is 6.03 Å². The highest BCUT2D eigenvalue weighted by Gasteiger charge is 2.12. The molecule has 1 aromatic rings. The van der Waals surface area contributed by atoms with Gasteiger partial charge in [0.25, 0.3) is 0 Å². The topological polar surface area (TPSA) is 78.4 Å². The van der Waals surface area contributed by atoms with Crippen LogP contribution in [0.1, 0.15) is 25.8 Å². The molecule has 118 valence electrons. The standard InChI is InChI=1S/C15H24N2O3S/c1-4-11(2)14(18)10-17-15(19)16-9-12-5-7-13(8-6-12)21(3)20/h5-8,11,14,18H,4,9-10H2,1-3H3,(H2,16,17,19). The van der Waals surface area contributed by atoms with E-state index in [9.17, 15) is 14.1 Å². The lowest BCUT2D eigenvalue weighted by atomic mass is 10.0. The van der Waals surface area contributed by atoms with Crippen LogP contribution in [0.2, 0.25) is 0 Å². The van der Waals surface area contributed by atoms with Crippen LogP contribution in [0.15, 0.2) is 29.2 Å². The third-order valence-electron chi connectivity index (χ3n) is 3.48. The van der Waals surface area contributed by atoms with E-state index in [1.54, 1.807) is 18.4 Å². The molecule has 0 aliphatic rings. The zero-order chi connectivity index (χ0) is 15.8. The van der Waals surface area contributed by atoms with E-state index >= 15 is 0 Å². The fourth-order valence-electron chi connectivity index (χ4n) is 1.71. The van der Waals surface area contributed by atoms with Gasteiger partial charge in [0.05, 0.1) is 6.10 Å². The van der Waals surface area contributed by atoms with Gasteiger partial charge in [-0.05, 0) is 23.6 Å². The van der Waals surface area contributed by atoms with E-state index in [1.165, 1.54) is 0 Å². The van der Waals surface area contributed by atoms with Crippen molar-refractivity contribution in [1.82, 2.24) is 10.6 Å². The van der Waals surface area contributed by atoms with Crippen LogP contribution in [0.3, 0.4) is 0 Å². The van der Waals surface area contributed by atoms with E-state index in [4.69, 9.17) is 0 Å². The maximum atomic E-state index is 11.6. The Labute approximate surface area is 128 Å². The maximum absolute atomic E-state index is 11.6. The quantitative estimate of drug-likeness (QED) is 0.716. The molecule has 0 aliphatic heterocycles. The molecule has 1 rings (SSSR count). The summed E-state index contributed by atoms with van der Waals surface area (Å²) in [5.74, 6) is 0.160. The van der Waals surface area contributed by atoms with Crippen molar-refractivity contribution in [2.24, 2.45) is 5.92 Å². The van der Waals surface area contributed by atoms with Crippen LogP contribution in [-0.2, 0) is 17.3 Å². The number of carbonyl (C=O) groups is 1. The van der Waals surface area contributed by atoms with Crippen molar-refractivity contribution in [3.63, 3.8) is 0 Å². The Balaban J connectivity index is 2.34. The molecule has 21 heavy (non-hydrogen) atoms. The molecule has 5 nitrogen and oxygen atoms in total. The number of hydrogen-bond donors (Lipinski definition) is 3. The highest BCUT2D eigenvalue weighted by atomic mass is 32.2. The first-order valence-electron chi connectivity index (χ1n) is 7.06. The second-order valence-electron chi connectivity index (χ2n) is 5.11. The Morgan fingerprint density at radius 1 is 1.29 bits per heavy atom. The molecule has 6 heteroatoms. The fraction of sp³-hybridized carbons (Fsp3) is 0.533. The molecule has 3 unspecified atom stereocenters. The lowest BCUT2D eigenvalue weighted by Gasteiger charge is -2.17. The number of rotatable bonds is 7. The summed E-state index contributed by atoms with van der Waals surface area (Å²) in [7, 11) is -0.991. The minimum Gasteiger partial charge on any atom is -0.391 e. The van der Waals surface area contributed by atoms with Gasteiger partial charge in [-0.1, -0.05) is 32.4 Å². The van der Waals surface area contributed by atoms with Gasteiger partial charge in [0, 0.05) is 35.0 Å². The Morgan fingerprint density at radius 3 is 2.43 bits per heavy atom. The normalized spacial score (nSPS) is 15.0. The third kappa shape index (κ3) is 6.27. The number of aliphatic hydroxyl groups excluding tert-OH is 1. The molecule has 0 fully saturated rings. The Kier molecular flexibility index (Phi) is 7.39. The number of amides is 2. The number of nitrogens with one attached hydrogen (secondary N) is 2. The summed E-state index contributed by atoms with van der Waals surface area (Å²) in [4.78, 5) is 12.4. The van der Waals surface area contributed by atoms with Crippen LogP contribution < -0.4 is 10.6 Å². The molecule has 0 saturated carbocycles. The summed E-state index contributed by atoms with van der Waals surface area (Å²) in [6.07, 6.45) is 1.97. The van der Waals surface area contributed by atoms with Gasteiger partial charge in [0.1, 0.15) is 0 Å². The third-order valence-corrected chi connectivity index (χ3v) is 4.42. The van der Waals surface area contributed by atoms with Gasteiger partial charge in [-0.25, -0.2) is 4.79 Å². The summed E-state index contributed by atoms with van der Waals surface area (Å²) < 4.78 is 11.3. The van der Waals surface area contributed by atoms with Gasteiger partial charge < -0.3 is 15.7 Å². The second-order valence-corrected chi connectivity index (χ2v) is 6.49. The molecule has 0 heterocycles. The van der Waals surface area contributed by atoms with Crippen LogP contribution >= 0.6 is 0 Å². The van der Waals surface area contributed by atoms with Crippen molar-refractivity contribution in [3.8, 4) is 0 Å². The molecule has 0 saturated heterocycles. The highest BCUT2D eigenvalue weighted by Crippen LogP contribution is 2.07. The van der Waals surface area contributed by atoms with E-state index in [2.05, 4.69) is 10.6 Å². The summed E-state index contributed by atoms with van der Waals surface area (Å²) in [5.41, 5.74) is 0.932. The molecule has 0 aliphatic carbocycles. The monoisotopic (exact) mass is 312 g/mol. The van der Waals surface area contributed by atoms with Gasteiger partial charge in [-0.3, -0.25) is 4.21 Å². The molecule has 2 amide bonds. The first kappa shape index (κ1) is 17.7. The molecule has 3 atom stereocenters. The maximum Gasteiger partial charge on any atom is 0.315 e. The minimum atomic E-state index is -0.991. The molecule has 0 bridgehead atoms. The molecule has 3 N–H and O–H groups in total. The average molecular weight is 312 g/mol. The van der Waals surface area contributed by atoms with E-state index in [0.29, 0.717) is 6.54 Å². The molecule has 0 spiro atoms. The predicted molar refractivity (Wildman–Crippen MR) is 84.5 cm³/mol. The first-order chi connectivity index (χ1) is 9.93. The minimum absolute atomic E-state index is 0.160. The fourth-order valence-corrected chi connectivity index (χ4v) is 2.23. The summed E-state index contributed by atoms with van der Waals surface area (Å²) in [6.45, 7) is 4.58. The van der Waals surface area contributed by atoms with Crippen LogP contribution in [0.4, 0.5) is 4.79 Å². The lowest BCUT2D eigenvalue weighted by Crippen LogP contribution is -2.41. The van der Waals surface area contributed by atoms with Gasteiger partial charge in [0.15, 0.2) is 0 Å². The van der Waals surface area contributed by atoms with Crippen LogP contribution in [0.5, 0.6) is 0 Å². The molecular weight excluding hydrogens is 288 g/mol. The van der Waals surface area contributed by atoms with E-state index in [-0.39, 0.29) is 18.5 Å². The van der Waals surface area contributed by atoms with Crippen LogP contribution in [0.25, 0.3) is 0 Å². The molecule has 1 aromatic carbocycles. The first-order valence-corrected chi connectivity index (χ1v) is 8.62. The Hall–Kier alpha value is -1.40. The molecule has 0 radical (unpaired) electrons. The van der Waals surface area contributed by atoms with Crippen molar-refractivity contribution in [1.29, 1.82) is 0 Å². The smallest absolute Gasteiger partial charge is 0.315 e. The van der Waals surface area contributed by atoms with E-state index in [1.807, 2.05) is 26.0 Å². The average Bonchev–Trinajstić information content (AvgIpc) is 2.49. The summed E-state index contributed by atoms with van der Waals surface area (Å²) in [5, 5.41) is 15.1. The number of hydrogen-bond acceptors (Lipinski definition) is 3. The van der Waals surface area contributed by atoms with Crippen molar-refractivity contribution >= 4 is 16.8 Å². The molecular formula is C15H24N2O3S. The summed E-state index contributed by atoms with van der Waals surface area (Å²) in [6, 6.07) is 6.95. The zero-order valence-electron chi connectivity index (χ0n) is 12.8. The van der Waals surface area contributed by atoms with Gasteiger partial charge in [0.2, 0.25) is 0 Å². The second kappa shape index (κ2) is 8.79. The number of urea groups is 1. The molecule has 0 aromatic heterocycles. The summed E-state index contributed by atoms with van der Waals surface area (Å²) >= 11 is 0. The van der Waals surface area contributed by atoms with Crippen molar-refractivity contribution < 1.29 is 14.1 Å². The SMILES string of the molecule is CCC(C)C(O)CNC(=O)NCc1ccc(S(C)=O)cc1. The van der Waals surface area contributed by atoms with Crippen LogP contribution in [0, 0.1) is 5.92 Å².